The van der Waals surface area contributed by atoms with Gasteiger partial charge in [-0.3, -0.25) is 4.68 Å². The molecule has 0 saturated carbocycles. The number of rotatable bonds is 5. The van der Waals surface area contributed by atoms with E-state index in [0.29, 0.717) is 16.5 Å². The number of nitrogens with zero attached hydrogens (tertiary/aromatic N) is 2. The Hall–Kier alpha value is 0.350. The van der Waals surface area contributed by atoms with Crippen molar-refractivity contribution in [2.75, 3.05) is 12.8 Å². The highest BCUT2D eigenvalue weighted by Crippen LogP contribution is 2.42. The molecule has 2 rings (SSSR count). The van der Waals surface area contributed by atoms with Gasteiger partial charge in [-0.05, 0) is 29.4 Å². The Morgan fingerprint density at radius 3 is 2.85 bits per heavy atom. The zero-order valence-electron chi connectivity index (χ0n) is 12.6. The van der Waals surface area contributed by atoms with Crippen LogP contribution in [-0.4, -0.2) is 38.3 Å². The van der Waals surface area contributed by atoms with Crippen molar-refractivity contribution < 1.29 is 0 Å². The number of hydrogen-bond acceptors (Lipinski definition) is 4. The molecule has 1 aromatic heterocycles. The van der Waals surface area contributed by atoms with Crippen molar-refractivity contribution in [2.45, 2.75) is 55.5 Å². The van der Waals surface area contributed by atoms with E-state index in [0.717, 1.165) is 22.7 Å². The fourth-order valence-electron chi connectivity index (χ4n) is 2.55. The van der Waals surface area contributed by atoms with Gasteiger partial charge in [-0.1, -0.05) is 20.8 Å². The van der Waals surface area contributed by atoms with E-state index >= 15 is 0 Å². The molecule has 1 aromatic rings. The van der Waals surface area contributed by atoms with Gasteiger partial charge < -0.3 is 5.32 Å². The first kappa shape index (κ1) is 16.7. The molecule has 6 heteroatoms. The first-order chi connectivity index (χ1) is 9.58. The van der Waals surface area contributed by atoms with Gasteiger partial charge in [0.2, 0.25) is 0 Å². The van der Waals surface area contributed by atoms with Crippen LogP contribution in [0.1, 0.15) is 38.9 Å². The molecule has 1 aliphatic rings. The number of thioether (sulfide) groups is 2. The summed E-state index contributed by atoms with van der Waals surface area (Å²) < 4.78 is 3.28. The predicted octanol–water partition coefficient (Wildman–Crippen LogP) is 3.94. The summed E-state index contributed by atoms with van der Waals surface area (Å²) >= 11 is 7.89. The molecule has 1 N–H and O–H groups in total. The van der Waals surface area contributed by atoms with Crippen LogP contribution in [0.5, 0.6) is 0 Å². The molecule has 0 spiro atoms. The minimum absolute atomic E-state index is 0.353. The van der Waals surface area contributed by atoms with Gasteiger partial charge in [-0.15, -0.1) is 0 Å². The molecule has 0 aromatic carbocycles. The first-order valence-electron chi connectivity index (χ1n) is 7.24. The number of hydrogen-bond donors (Lipinski definition) is 1. The lowest BCUT2D eigenvalue weighted by atomic mass is 10.1. The van der Waals surface area contributed by atoms with Crippen LogP contribution < -0.4 is 5.32 Å². The molecular weight excluding hydrogens is 354 g/mol. The maximum atomic E-state index is 4.52. The molecule has 1 fully saturated rings. The highest BCUT2D eigenvalue weighted by molar-refractivity contribution is 9.10. The molecule has 0 radical (unpaired) electrons. The normalized spacial score (nSPS) is 28.6. The minimum atomic E-state index is 0.353. The van der Waals surface area contributed by atoms with E-state index in [2.05, 4.69) is 82.4 Å². The third-order valence-corrected chi connectivity index (χ3v) is 7.93. The van der Waals surface area contributed by atoms with Gasteiger partial charge in [0.1, 0.15) is 0 Å². The third-order valence-electron chi connectivity index (χ3n) is 3.82. The van der Waals surface area contributed by atoms with Crippen molar-refractivity contribution >= 4 is 39.5 Å². The summed E-state index contributed by atoms with van der Waals surface area (Å²) in [6, 6.07) is 0.353. The second kappa shape index (κ2) is 7.56. The standard InChI is InChI=1S/C14H24BrN3S2/c1-5-6-18-14(11(15)7-17-18)13(16-4)12-8-19-9(2)10(3)20-12/h7,9-10,12-13,16H,5-6,8H2,1-4H3. The fraction of sp³-hybridized carbons (Fsp3) is 0.786. The van der Waals surface area contributed by atoms with Crippen LogP contribution in [0.25, 0.3) is 0 Å². The largest absolute Gasteiger partial charge is 0.311 e. The van der Waals surface area contributed by atoms with Gasteiger partial charge in [0, 0.05) is 28.0 Å². The van der Waals surface area contributed by atoms with Crippen LogP contribution in [0.15, 0.2) is 10.7 Å². The third kappa shape index (κ3) is 3.57. The van der Waals surface area contributed by atoms with E-state index < -0.39 is 0 Å². The first-order valence-corrected chi connectivity index (χ1v) is 10.0. The molecule has 0 amide bonds. The monoisotopic (exact) mass is 377 g/mol. The predicted molar refractivity (Wildman–Crippen MR) is 94.8 cm³/mol. The molecule has 4 unspecified atom stereocenters. The van der Waals surface area contributed by atoms with E-state index in [1.54, 1.807) is 0 Å². The summed E-state index contributed by atoms with van der Waals surface area (Å²) in [5, 5.41) is 10.1. The topological polar surface area (TPSA) is 29.9 Å². The molecule has 114 valence electrons. The van der Waals surface area contributed by atoms with Crippen LogP contribution in [0.3, 0.4) is 0 Å². The Kier molecular flexibility index (Phi) is 6.32. The molecular formula is C14H24BrN3S2. The SMILES string of the molecule is CCCn1ncc(Br)c1C(NC)C1CSC(C)C(C)S1. The van der Waals surface area contributed by atoms with Crippen molar-refractivity contribution in [1.82, 2.24) is 15.1 Å². The Morgan fingerprint density at radius 2 is 2.25 bits per heavy atom. The molecule has 0 bridgehead atoms. The smallest absolute Gasteiger partial charge is 0.0707 e. The average molecular weight is 378 g/mol. The van der Waals surface area contributed by atoms with Crippen LogP contribution in [0.2, 0.25) is 0 Å². The van der Waals surface area contributed by atoms with Crippen LogP contribution in [0.4, 0.5) is 0 Å². The van der Waals surface area contributed by atoms with Gasteiger partial charge in [-0.2, -0.15) is 28.6 Å². The number of aryl methyl sites for hydroxylation is 1. The summed E-state index contributed by atoms with van der Waals surface area (Å²) in [5.74, 6) is 1.20. The Bertz CT molecular complexity index is 438. The summed E-state index contributed by atoms with van der Waals surface area (Å²) in [7, 11) is 2.06. The van der Waals surface area contributed by atoms with Crippen molar-refractivity contribution in [3.63, 3.8) is 0 Å². The quantitative estimate of drug-likeness (QED) is 0.841. The lowest BCUT2D eigenvalue weighted by molar-refractivity contribution is 0.494. The van der Waals surface area contributed by atoms with E-state index in [1.807, 2.05) is 6.20 Å². The van der Waals surface area contributed by atoms with Crippen LogP contribution in [0, 0.1) is 0 Å². The Labute approximate surface area is 139 Å². The van der Waals surface area contributed by atoms with E-state index in [4.69, 9.17) is 0 Å². The van der Waals surface area contributed by atoms with Gasteiger partial charge in [0.05, 0.1) is 22.4 Å². The van der Waals surface area contributed by atoms with Crippen molar-refractivity contribution in [2.24, 2.45) is 0 Å². The van der Waals surface area contributed by atoms with Crippen molar-refractivity contribution in [3.05, 3.63) is 16.4 Å². The highest BCUT2D eigenvalue weighted by Gasteiger charge is 2.33. The summed E-state index contributed by atoms with van der Waals surface area (Å²) in [4.78, 5) is 0. The average Bonchev–Trinajstić information content (AvgIpc) is 2.77. The Balaban J connectivity index is 2.21. The molecule has 3 nitrogen and oxygen atoms in total. The number of halogens is 1. The molecule has 4 atom stereocenters. The summed E-state index contributed by atoms with van der Waals surface area (Å²) in [6.45, 7) is 7.86. The molecule has 1 saturated heterocycles. The second-order valence-corrected chi connectivity index (χ2v) is 9.17. The Morgan fingerprint density at radius 1 is 1.50 bits per heavy atom. The zero-order chi connectivity index (χ0) is 14.7. The van der Waals surface area contributed by atoms with Gasteiger partial charge in [0.15, 0.2) is 0 Å². The summed E-state index contributed by atoms with van der Waals surface area (Å²) in [5.41, 5.74) is 1.30. The highest BCUT2D eigenvalue weighted by atomic mass is 79.9. The van der Waals surface area contributed by atoms with Crippen LogP contribution in [-0.2, 0) is 6.54 Å². The molecule has 20 heavy (non-hydrogen) atoms. The lowest BCUT2D eigenvalue weighted by Gasteiger charge is -2.36. The molecule has 1 aliphatic heterocycles. The van der Waals surface area contributed by atoms with E-state index in [-0.39, 0.29) is 0 Å². The number of nitrogens with one attached hydrogen (secondary N) is 1. The van der Waals surface area contributed by atoms with Crippen molar-refractivity contribution in [3.8, 4) is 0 Å². The zero-order valence-corrected chi connectivity index (χ0v) is 15.8. The molecule has 2 heterocycles. The minimum Gasteiger partial charge on any atom is -0.311 e. The van der Waals surface area contributed by atoms with Crippen LogP contribution >= 0.6 is 39.5 Å². The van der Waals surface area contributed by atoms with Gasteiger partial charge in [-0.25, -0.2) is 0 Å². The summed E-state index contributed by atoms with van der Waals surface area (Å²) in [6.07, 6.45) is 3.04. The van der Waals surface area contributed by atoms with Crippen molar-refractivity contribution in [1.29, 1.82) is 0 Å². The number of aromatic nitrogens is 2. The molecule has 0 aliphatic carbocycles. The van der Waals surface area contributed by atoms with E-state index in [9.17, 15) is 0 Å². The van der Waals surface area contributed by atoms with E-state index in [1.165, 1.54) is 11.4 Å². The second-order valence-electron chi connectivity index (χ2n) is 5.29. The maximum absolute atomic E-state index is 4.52. The lowest BCUT2D eigenvalue weighted by Crippen LogP contribution is -2.37. The van der Waals surface area contributed by atoms with Gasteiger partial charge >= 0.3 is 0 Å². The maximum Gasteiger partial charge on any atom is 0.0707 e. The fourth-order valence-corrected chi connectivity index (χ4v) is 6.22. The van der Waals surface area contributed by atoms with Gasteiger partial charge in [0.25, 0.3) is 0 Å².